The van der Waals surface area contributed by atoms with Crippen LogP contribution < -0.4 is 10.2 Å². The molecule has 27 heavy (non-hydrogen) atoms. The number of alkyl halides is 3. The first-order valence-electron chi connectivity index (χ1n) is 8.73. The lowest BCUT2D eigenvalue weighted by atomic mass is 9.95. The average molecular weight is 374 g/mol. The monoisotopic (exact) mass is 374 g/mol. The Morgan fingerprint density at radius 2 is 1.96 bits per heavy atom. The van der Waals surface area contributed by atoms with E-state index in [4.69, 9.17) is 0 Å². The number of anilines is 2. The maximum absolute atomic E-state index is 13.2. The normalized spacial score (nSPS) is 18.4. The second kappa shape index (κ2) is 6.11. The highest BCUT2D eigenvalue weighted by Gasteiger charge is 2.38. The van der Waals surface area contributed by atoms with Crippen LogP contribution >= 0.6 is 0 Å². The van der Waals surface area contributed by atoms with Crippen molar-refractivity contribution in [1.82, 2.24) is 0 Å². The zero-order valence-electron chi connectivity index (χ0n) is 14.6. The third kappa shape index (κ3) is 2.87. The molecule has 0 spiro atoms. The van der Waals surface area contributed by atoms with Crippen LogP contribution in [0.1, 0.15) is 46.3 Å². The molecule has 2 aromatic carbocycles. The number of rotatable bonds is 2. The minimum absolute atomic E-state index is 0.0249. The van der Waals surface area contributed by atoms with Crippen molar-refractivity contribution in [3.05, 3.63) is 58.7 Å². The van der Waals surface area contributed by atoms with Gasteiger partial charge in [-0.2, -0.15) is 13.2 Å². The lowest BCUT2D eigenvalue weighted by Crippen LogP contribution is -2.32. The van der Waals surface area contributed by atoms with Crippen molar-refractivity contribution < 1.29 is 22.8 Å². The van der Waals surface area contributed by atoms with Gasteiger partial charge in [0.2, 0.25) is 5.91 Å². The molecule has 0 fully saturated rings. The molecule has 0 aliphatic carbocycles. The molecule has 0 bridgehead atoms. The maximum atomic E-state index is 13.2. The fraction of sp³-hybridized carbons (Fsp3) is 0.300. The SMILES string of the molecule is C[C@@H]1C(=O)N2CCCc3cc(NC(=O)c4ccccc4C(F)(F)F)cc1c32. The van der Waals surface area contributed by atoms with Crippen LogP contribution in [0.15, 0.2) is 36.4 Å². The van der Waals surface area contributed by atoms with Crippen molar-refractivity contribution in [2.45, 2.75) is 31.9 Å². The third-order valence-electron chi connectivity index (χ3n) is 5.15. The van der Waals surface area contributed by atoms with E-state index in [0.29, 0.717) is 12.2 Å². The Bertz CT molecular complexity index is 953. The van der Waals surface area contributed by atoms with E-state index in [-0.39, 0.29) is 11.8 Å². The lowest BCUT2D eigenvalue weighted by molar-refractivity contribution is -0.137. The summed E-state index contributed by atoms with van der Waals surface area (Å²) in [5.41, 5.74) is 1.67. The summed E-state index contributed by atoms with van der Waals surface area (Å²) in [5.74, 6) is -1.12. The molecule has 4 nitrogen and oxygen atoms in total. The van der Waals surface area contributed by atoms with Crippen LogP contribution in [0.3, 0.4) is 0 Å². The zero-order valence-corrected chi connectivity index (χ0v) is 14.6. The Labute approximate surface area is 154 Å². The minimum Gasteiger partial charge on any atom is -0.322 e. The number of hydrogen-bond acceptors (Lipinski definition) is 2. The predicted molar refractivity (Wildman–Crippen MR) is 94.9 cm³/mol. The molecule has 1 N–H and O–H groups in total. The van der Waals surface area contributed by atoms with Crippen molar-refractivity contribution in [1.29, 1.82) is 0 Å². The second-order valence-corrected chi connectivity index (χ2v) is 6.89. The number of carbonyl (C=O) groups is 2. The number of amides is 2. The fourth-order valence-corrected chi connectivity index (χ4v) is 3.89. The average Bonchev–Trinajstić information content (AvgIpc) is 2.88. The van der Waals surface area contributed by atoms with E-state index in [1.165, 1.54) is 12.1 Å². The Hall–Kier alpha value is -2.83. The number of carbonyl (C=O) groups excluding carboxylic acids is 2. The first kappa shape index (κ1) is 17.6. The molecule has 2 heterocycles. The van der Waals surface area contributed by atoms with E-state index < -0.39 is 23.2 Å². The van der Waals surface area contributed by atoms with Crippen molar-refractivity contribution in [3.63, 3.8) is 0 Å². The maximum Gasteiger partial charge on any atom is 0.417 e. The van der Waals surface area contributed by atoms with Crippen LogP contribution in [0, 0.1) is 0 Å². The summed E-state index contributed by atoms with van der Waals surface area (Å²) in [6.45, 7) is 2.48. The summed E-state index contributed by atoms with van der Waals surface area (Å²) in [4.78, 5) is 26.7. The quantitative estimate of drug-likeness (QED) is 0.849. The molecule has 0 aromatic heterocycles. The molecule has 7 heteroatoms. The predicted octanol–water partition coefficient (Wildman–Crippen LogP) is 4.35. The van der Waals surface area contributed by atoms with Crippen LogP contribution in [0.25, 0.3) is 0 Å². The van der Waals surface area contributed by atoms with Crippen molar-refractivity contribution in [2.24, 2.45) is 0 Å². The van der Waals surface area contributed by atoms with Crippen molar-refractivity contribution in [3.8, 4) is 0 Å². The first-order chi connectivity index (χ1) is 12.8. The number of hydrogen-bond donors (Lipinski definition) is 1. The molecule has 0 saturated carbocycles. The molecule has 2 aromatic rings. The van der Waals surface area contributed by atoms with Gasteiger partial charge in [-0.25, -0.2) is 0 Å². The largest absolute Gasteiger partial charge is 0.417 e. The van der Waals surface area contributed by atoms with Gasteiger partial charge in [0.15, 0.2) is 0 Å². The minimum atomic E-state index is -4.61. The van der Waals surface area contributed by atoms with Crippen LogP contribution in [-0.4, -0.2) is 18.4 Å². The summed E-state index contributed by atoms with van der Waals surface area (Å²) in [6, 6.07) is 8.14. The van der Waals surface area contributed by atoms with Gasteiger partial charge in [0.05, 0.1) is 22.7 Å². The van der Waals surface area contributed by atoms with Gasteiger partial charge in [0.25, 0.3) is 5.91 Å². The van der Waals surface area contributed by atoms with Crippen molar-refractivity contribution in [2.75, 3.05) is 16.8 Å². The number of halogens is 3. The van der Waals surface area contributed by atoms with Gasteiger partial charge >= 0.3 is 6.18 Å². The van der Waals surface area contributed by atoms with Crippen LogP contribution in [-0.2, 0) is 17.4 Å². The van der Waals surface area contributed by atoms with Gasteiger partial charge in [-0.3, -0.25) is 9.59 Å². The summed E-state index contributed by atoms with van der Waals surface area (Å²) < 4.78 is 39.5. The molecule has 0 saturated heterocycles. The van der Waals surface area contributed by atoms with Gasteiger partial charge in [0, 0.05) is 12.2 Å². The Balaban J connectivity index is 1.70. The number of nitrogens with zero attached hydrogens (tertiary/aromatic N) is 1. The molecule has 0 unspecified atom stereocenters. The molecule has 140 valence electrons. The molecule has 2 aliphatic heterocycles. The highest BCUT2D eigenvalue weighted by atomic mass is 19.4. The first-order valence-corrected chi connectivity index (χ1v) is 8.73. The van der Waals surface area contributed by atoms with E-state index in [1.54, 1.807) is 24.0 Å². The van der Waals surface area contributed by atoms with E-state index in [0.717, 1.165) is 41.8 Å². The van der Waals surface area contributed by atoms with Gasteiger partial charge in [-0.05, 0) is 55.2 Å². The fourth-order valence-electron chi connectivity index (χ4n) is 3.89. The van der Waals surface area contributed by atoms with E-state index >= 15 is 0 Å². The van der Waals surface area contributed by atoms with E-state index in [9.17, 15) is 22.8 Å². The zero-order chi connectivity index (χ0) is 19.3. The number of benzene rings is 2. The van der Waals surface area contributed by atoms with E-state index in [1.807, 2.05) is 0 Å². The van der Waals surface area contributed by atoms with Gasteiger partial charge in [-0.15, -0.1) is 0 Å². The number of aryl methyl sites for hydroxylation is 1. The Morgan fingerprint density at radius 1 is 1.22 bits per heavy atom. The van der Waals surface area contributed by atoms with Gasteiger partial charge in [0.1, 0.15) is 0 Å². The molecular weight excluding hydrogens is 357 g/mol. The Morgan fingerprint density at radius 3 is 2.70 bits per heavy atom. The van der Waals surface area contributed by atoms with Crippen LogP contribution in [0.2, 0.25) is 0 Å². The van der Waals surface area contributed by atoms with Gasteiger partial charge < -0.3 is 10.2 Å². The smallest absolute Gasteiger partial charge is 0.322 e. The molecule has 2 aliphatic rings. The van der Waals surface area contributed by atoms with Crippen LogP contribution in [0.4, 0.5) is 24.5 Å². The molecule has 0 radical (unpaired) electrons. The molecule has 1 atom stereocenters. The highest BCUT2D eigenvalue weighted by molar-refractivity contribution is 6.08. The molecule has 2 amide bonds. The molecular formula is C20H17F3N2O2. The lowest BCUT2D eigenvalue weighted by Gasteiger charge is -2.26. The summed E-state index contributed by atoms with van der Waals surface area (Å²) >= 11 is 0. The van der Waals surface area contributed by atoms with E-state index in [2.05, 4.69) is 5.32 Å². The van der Waals surface area contributed by atoms with Crippen molar-refractivity contribution >= 4 is 23.2 Å². The highest BCUT2D eigenvalue weighted by Crippen LogP contribution is 2.44. The van der Waals surface area contributed by atoms with Gasteiger partial charge in [-0.1, -0.05) is 12.1 Å². The third-order valence-corrected chi connectivity index (χ3v) is 5.15. The molecule has 4 rings (SSSR count). The summed E-state index contributed by atoms with van der Waals surface area (Å²) in [5, 5.41) is 2.58. The summed E-state index contributed by atoms with van der Waals surface area (Å²) in [6.07, 6.45) is -3.03. The topological polar surface area (TPSA) is 49.4 Å². The second-order valence-electron chi connectivity index (χ2n) is 6.89. The number of nitrogens with one attached hydrogen (secondary N) is 1. The van der Waals surface area contributed by atoms with Crippen LogP contribution in [0.5, 0.6) is 0 Å². The standard InChI is InChI=1S/C20H17F3N2O2/c1-11-15-10-13(9-12-5-4-8-25(17(12)15)19(11)27)24-18(26)14-6-2-3-7-16(14)20(21,22)23/h2-3,6-7,9-11H,4-5,8H2,1H3,(H,24,26)/t11-/m0/s1. The Kier molecular flexibility index (Phi) is 3.98. The summed E-state index contributed by atoms with van der Waals surface area (Å²) in [7, 11) is 0.